The average molecular weight is 272 g/mol. The van der Waals surface area contributed by atoms with Gasteiger partial charge in [0, 0.05) is 17.5 Å². The third-order valence-electron chi connectivity index (χ3n) is 3.73. The number of carboxylic acid groups (broad SMARTS) is 1. The standard InChI is InChI=1S/C15H16N2O3/c1-20-12-7-5-10(6-8-12)14-16-9-11-3-2-4-13(15(18)19)17(11)14/h5-9,13H,2-4H2,1H3,(H,18,19). The fourth-order valence-electron chi connectivity index (χ4n) is 2.72. The summed E-state index contributed by atoms with van der Waals surface area (Å²) in [5, 5.41) is 9.39. The van der Waals surface area contributed by atoms with Crippen LogP contribution in [0.1, 0.15) is 24.6 Å². The van der Waals surface area contributed by atoms with Crippen LogP contribution in [0.5, 0.6) is 5.75 Å². The van der Waals surface area contributed by atoms with Crippen molar-refractivity contribution in [2.75, 3.05) is 7.11 Å². The van der Waals surface area contributed by atoms with E-state index in [2.05, 4.69) is 4.98 Å². The second kappa shape index (κ2) is 5.00. The van der Waals surface area contributed by atoms with Crippen LogP contribution in [-0.2, 0) is 11.2 Å². The molecule has 0 amide bonds. The number of imidazole rings is 1. The van der Waals surface area contributed by atoms with Gasteiger partial charge in [0.2, 0.25) is 0 Å². The maximum Gasteiger partial charge on any atom is 0.326 e. The third-order valence-corrected chi connectivity index (χ3v) is 3.73. The van der Waals surface area contributed by atoms with Crippen LogP contribution in [0.4, 0.5) is 0 Å². The molecule has 0 bridgehead atoms. The maximum absolute atomic E-state index is 11.4. The molecule has 1 aromatic heterocycles. The van der Waals surface area contributed by atoms with Crippen LogP contribution in [0.2, 0.25) is 0 Å². The summed E-state index contributed by atoms with van der Waals surface area (Å²) in [6.45, 7) is 0. The zero-order valence-corrected chi connectivity index (χ0v) is 11.2. The number of hydrogen-bond donors (Lipinski definition) is 1. The lowest BCUT2D eigenvalue weighted by atomic mass is 10.0. The highest BCUT2D eigenvalue weighted by atomic mass is 16.5. The number of carboxylic acids is 1. The SMILES string of the molecule is COc1ccc(-c2ncc3n2C(C(=O)O)CCC3)cc1. The molecule has 1 N–H and O–H groups in total. The first-order chi connectivity index (χ1) is 9.70. The molecule has 1 aromatic carbocycles. The molecule has 0 spiro atoms. The van der Waals surface area contributed by atoms with E-state index in [9.17, 15) is 9.90 Å². The van der Waals surface area contributed by atoms with Gasteiger partial charge in [-0.15, -0.1) is 0 Å². The Balaban J connectivity index is 2.06. The summed E-state index contributed by atoms with van der Waals surface area (Å²) in [6.07, 6.45) is 4.22. The largest absolute Gasteiger partial charge is 0.497 e. The molecule has 20 heavy (non-hydrogen) atoms. The van der Waals surface area contributed by atoms with Gasteiger partial charge in [0.1, 0.15) is 17.6 Å². The number of carbonyl (C=O) groups is 1. The molecule has 2 aromatic rings. The molecule has 0 saturated heterocycles. The van der Waals surface area contributed by atoms with E-state index in [1.807, 2.05) is 28.8 Å². The molecule has 104 valence electrons. The van der Waals surface area contributed by atoms with Crippen LogP contribution >= 0.6 is 0 Å². The summed E-state index contributed by atoms with van der Waals surface area (Å²) in [5.41, 5.74) is 1.90. The Labute approximate surface area is 116 Å². The summed E-state index contributed by atoms with van der Waals surface area (Å²) in [4.78, 5) is 15.8. The number of nitrogens with zero attached hydrogens (tertiary/aromatic N) is 2. The first kappa shape index (κ1) is 12.7. The van der Waals surface area contributed by atoms with Gasteiger partial charge in [-0.25, -0.2) is 9.78 Å². The number of aryl methyl sites for hydroxylation is 1. The lowest BCUT2D eigenvalue weighted by Crippen LogP contribution is -2.25. The summed E-state index contributed by atoms with van der Waals surface area (Å²) in [5.74, 6) is 0.697. The van der Waals surface area contributed by atoms with Gasteiger partial charge in [-0.3, -0.25) is 0 Å². The molecule has 0 saturated carbocycles. The molecule has 0 radical (unpaired) electrons. The van der Waals surface area contributed by atoms with Gasteiger partial charge in [0.25, 0.3) is 0 Å². The molecule has 0 fully saturated rings. The van der Waals surface area contributed by atoms with Crippen molar-refractivity contribution >= 4 is 5.97 Å². The number of hydrogen-bond acceptors (Lipinski definition) is 3. The minimum Gasteiger partial charge on any atom is -0.497 e. The van der Waals surface area contributed by atoms with Gasteiger partial charge in [-0.05, 0) is 43.5 Å². The molecular weight excluding hydrogens is 256 g/mol. The highest BCUT2D eigenvalue weighted by molar-refractivity contribution is 5.74. The zero-order chi connectivity index (χ0) is 14.1. The minimum absolute atomic E-state index is 0.515. The van der Waals surface area contributed by atoms with Gasteiger partial charge in [0.05, 0.1) is 7.11 Å². The van der Waals surface area contributed by atoms with E-state index in [4.69, 9.17) is 4.74 Å². The number of aliphatic carboxylic acids is 1. The molecule has 5 heteroatoms. The first-order valence-corrected chi connectivity index (χ1v) is 6.64. The second-order valence-corrected chi connectivity index (χ2v) is 4.92. The van der Waals surface area contributed by atoms with E-state index in [1.165, 1.54) is 0 Å². The van der Waals surface area contributed by atoms with Crippen molar-refractivity contribution in [3.8, 4) is 17.1 Å². The summed E-state index contributed by atoms with van der Waals surface area (Å²) in [7, 11) is 1.62. The Bertz CT molecular complexity index is 631. The van der Waals surface area contributed by atoms with E-state index in [0.29, 0.717) is 6.42 Å². The molecule has 0 aliphatic carbocycles. The van der Waals surface area contributed by atoms with E-state index >= 15 is 0 Å². The highest BCUT2D eigenvalue weighted by Crippen LogP contribution is 2.32. The number of rotatable bonds is 3. The van der Waals surface area contributed by atoms with Crippen LogP contribution < -0.4 is 4.74 Å². The highest BCUT2D eigenvalue weighted by Gasteiger charge is 2.28. The van der Waals surface area contributed by atoms with Crippen molar-refractivity contribution in [2.45, 2.75) is 25.3 Å². The van der Waals surface area contributed by atoms with E-state index in [-0.39, 0.29) is 0 Å². The molecule has 1 aliphatic heterocycles. The molecule has 5 nitrogen and oxygen atoms in total. The van der Waals surface area contributed by atoms with Crippen LogP contribution in [0.25, 0.3) is 11.4 Å². The minimum atomic E-state index is -0.793. The molecule has 3 rings (SSSR count). The predicted molar refractivity (Wildman–Crippen MR) is 73.8 cm³/mol. The van der Waals surface area contributed by atoms with Gasteiger partial charge in [-0.1, -0.05) is 0 Å². The number of ether oxygens (including phenoxy) is 1. The fraction of sp³-hybridized carbons (Fsp3) is 0.333. The average Bonchev–Trinajstić information content (AvgIpc) is 2.91. The summed E-state index contributed by atoms with van der Waals surface area (Å²) < 4.78 is 6.99. The van der Waals surface area contributed by atoms with Crippen molar-refractivity contribution in [3.63, 3.8) is 0 Å². The third kappa shape index (κ3) is 2.05. The van der Waals surface area contributed by atoms with Crippen LogP contribution in [-0.4, -0.2) is 27.7 Å². The van der Waals surface area contributed by atoms with Crippen molar-refractivity contribution in [1.82, 2.24) is 9.55 Å². The van der Waals surface area contributed by atoms with Gasteiger partial charge < -0.3 is 14.4 Å². The molecule has 1 unspecified atom stereocenters. The monoisotopic (exact) mass is 272 g/mol. The van der Waals surface area contributed by atoms with Crippen LogP contribution in [0.15, 0.2) is 30.5 Å². The quantitative estimate of drug-likeness (QED) is 0.932. The maximum atomic E-state index is 11.4. The Kier molecular flexibility index (Phi) is 3.18. The Hall–Kier alpha value is -2.30. The normalized spacial score (nSPS) is 17.6. The van der Waals surface area contributed by atoms with Gasteiger partial charge >= 0.3 is 5.97 Å². The van der Waals surface area contributed by atoms with E-state index < -0.39 is 12.0 Å². The summed E-state index contributed by atoms with van der Waals surface area (Å²) >= 11 is 0. The van der Waals surface area contributed by atoms with Crippen LogP contribution in [0, 0.1) is 0 Å². The van der Waals surface area contributed by atoms with Crippen molar-refractivity contribution < 1.29 is 14.6 Å². The van der Waals surface area contributed by atoms with E-state index in [0.717, 1.165) is 35.7 Å². The molecule has 1 aliphatic rings. The van der Waals surface area contributed by atoms with Crippen LogP contribution in [0.3, 0.4) is 0 Å². The Morgan fingerprint density at radius 1 is 1.40 bits per heavy atom. The molecule has 1 atom stereocenters. The van der Waals surface area contributed by atoms with E-state index in [1.54, 1.807) is 13.3 Å². The van der Waals surface area contributed by atoms with Gasteiger partial charge in [-0.2, -0.15) is 0 Å². The Morgan fingerprint density at radius 3 is 2.80 bits per heavy atom. The zero-order valence-electron chi connectivity index (χ0n) is 11.2. The van der Waals surface area contributed by atoms with Crippen molar-refractivity contribution in [2.24, 2.45) is 0 Å². The smallest absolute Gasteiger partial charge is 0.326 e. The lowest BCUT2D eigenvalue weighted by Gasteiger charge is -2.24. The van der Waals surface area contributed by atoms with Crippen molar-refractivity contribution in [1.29, 1.82) is 0 Å². The number of aromatic nitrogens is 2. The number of fused-ring (bicyclic) bond motifs is 1. The number of benzene rings is 1. The Morgan fingerprint density at radius 2 is 2.15 bits per heavy atom. The second-order valence-electron chi connectivity index (χ2n) is 4.92. The number of methoxy groups -OCH3 is 1. The topological polar surface area (TPSA) is 64.4 Å². The first-order valence-electron chi connectivity index (χ1n) is 6.64. The fourth-order valence-corrected chi connectivity index (χ4v) is 2.72. The van der Waals surface area contributed by atoms with Gasteiger partial charge in [0.15, 0.2) is 0 Å². The molecular formula is C15H16N2O3. The molecule has 2 heterocycles. The lowest BCUT2D eigenvalue weighted by molar-refractivity contribution is -0.141. The summed E-state index contributed by atoms with van der Waals surface area (Å²) in [6, 6.07) is 7.01. The predicted octanol–water partition coefficient (Wildman–Crippen LogP) is 2.52. The van der Waals surface area contributed by atoms with Crippen molar-refractivity contribution in [3.05, 3.63) is 36.2 Å².